The summed E-state index contributed by atoms with van der Waals surface area (Å²) in [6.07, 6.45) is 3.50. The van der Waals surface area contributed by atoms with E-state index in [2.05, 4.69) is 16.3 Å². The van der Waals surface area contributed by atoms with Gasteiger partial charge in [-0.15, -0.1) is 11.3 Å². The van der Waals surface area contributed by atoms with Gasteiger partial charge in [0.05, 0.1) is 39.4 Å². The quantitative estimate of drug-likeness (QED) is 0.602. The van der Waals surface area contributed by atoms with Gasteiger partial charge in [0.25, 0.3) is 0 Å². The maximum atomic E-state index is 5.48. The molecular formula is C23H28N4O3S. The standard InChI is InChI=1S/C23H28N4O3S/c1-28-17-7-6-15(12-18(17)29-2)13-24-22-21-16-4-3-5-19(16)31-23(21)26-20(25-22)14-27-8-10-30-11-9-27/h6-7,12H,3-5,8-11,13-14H2,1-2H3,(H,24,25,26). The second kappa shape index (κ2) is 8.98. The molecule has 0 bridgehead atoms. The van der Waals surface area contributed by atoms with Crippen LogP contribution in [-0.4, -0.2) is 55.4 Å². The summed E-state index contributed by atoms with van der Waals surface area (Å²) in [6.45, 7) is 4.83. The number of thiophene rings is 1. The number of rotatable bonds is 7. The molecule has 1 N–H and O–H groups in total. The van der Waals surface area contributed by atoms with Crippen LogP contribution in [-0.2, 0) is 30.7 Å². The molecule has 1 fully saturated rings. The molecule has 1 aromatic carbocycles. The maximum absolute atomic E-state index is 5.48. The average Bonchev–Trinajstić information content (AvgIpc) is 3.39. The third-order valence-electron chi connectivity index (χ3n) is 5.99. The number of fused-ring (bicyclic) bond motifs is 3. The number of nitrogens with one attached hydrogen (secondary N) is 1. The number of hydrogen-bond acceptors (Lipinski definition) is 8. The summed E-state index contributed by atoms with van der Waals surface area (Å²) in [6, 6.07) is 6.01. The van der Waals surface area contributed by atoms with Crippen LogP contribution in [0.3, 0.4) is 0 Å². The van der Waals surface area contributed by atoms with Gasteiger partial charge in [-0.3, -0.25) is 4.90 Å². The molecule has 0 amide bonds. The third kappa shape index (κ3) is 4.20. The summed E-state index contributed by atoms with van der Waals surface area (Å²) in [7, 11) is 3.32. The summed E-state index contributed by atoms with van der Waals surface area (Å²) in [5, 5.41) is 4.81. The molecule has 0 atom stereocenters. The third-order valence-corrected chi connectivity index (χ3v) is 7.17. The molecule has 3 heterocycles. The zero-order valence-corrected chi connectivity index (χ0v) is 18.9. The molecule has 8 heteroatoms. The Balaban J connectivity index is 1.44. The number of aromatic nitrogens is 2. The molecule has 1 aliphatic heterocycles. The molecule has 0 unspecified atom stereocenters. The van der Waals surface area contributed by atoms with E-state index in [-0.39, 0.29) is 0 Å². The highest BCUT2D eigenvalue weighted by atomic mass is 32.1. The van der Waals surface area contributed by atoms with Crippen molar-refractivity contribution in [3.8, 4) is 11.5 Å². The minimum absolute atomic E-state index is 0.661. The first-order chi connectivity index (χ1) is 15.2. The number of anilines is 1. The summed E-state index contributed by atoms with van der Waals surface area (Å²) >= 11 is 1.84. The fourth-order valence-electron chi connectivity index (χ4n) is 4.37. The van der Waals surface area contributed by atoms with Crippen molar-refractivity contribution < 1.29 is 14.2 Å². The largest absolute Gasteiger partial charge is 0.493 e. The number of ether oxygens (including phenoxy) is 3. The van der Waals surface area contributed by atoms with Gasteiger partial charge in [0, 0.05) is 24.5 Å². The molecule has 0 saturated carbocycles. The number of morpholine rings is 1. The van der Waals surface area contributed by atoms with Gasteiger partial charge >= 0.3 is 0 Å². The molecule has 0 spiro atoms. The lowest BCUT2D eigenvalue weighted by molar-refractivity contribution is 0.0331. The smallest absolute Gasteiger partial charge is 0.161 e. The van der Waals surface area contributed by atoms with E-state index >= 15 is 0 Å². The van der Waals surface area contributed by atoms with E-state index in [9.17, 15) is 0 Å². The van der Waals surface area contributed by atoms with Gasteiger partial charge in [0.1, 0.15) is 16.5 Å². The van der Waals surface area contributed by atoms with Crippen LogP contribution in [0, 0.1) is 0 Å². The van der Waals surface area contributed by atoms with Crippen molar-refractivity contribution in [1.29, 1.82) is 0 Å². The number of aryl methyl sites for hydroxylation is 2. The van der Waals surface area contributed by atoms with Crippen molar-refractivity contribution in [2.75, 3.05) is 45.8 Å². The summed E-state index contributed by atoms with van der Waals surface area (Å²) in [4.78, 5) is 14.9. The number of methoxy groups -OCH3 is 2. The van der Waals surface area contributed by atoms with E-state index in [1.54, 1.807) is 14.2 Å². The molecule has 2 aromatic heterocycles. The van der Waals surface area contributed by atoms with Gasteiger partial charge < -0.3 is 19.5 Å². The first-order valence-corrected chi connectivity index (χ1v) is 11.6. The fraction of sp³-hybridized carbons (Fsp3) is 0.478. The van der Waals surface area contributed by atoms with Crippen molar-refractivity contribution in [3.05, 3.63) is 40.0 Å². The highest BCUT2D eigenvalue weighted by molar-refractivity contribution is 7.19. The van der Waals surface area contributed by atoms with Crippen LogP contribution in [0.5, 0.6) is 11.5 Å². The lowest BCUT2D eigenvalue weighted by Gasteiger charge is -2.25. The number of nitrogens with zero attached hydrogens (tertiary/aromatic N) is 3. The fourth-order valence-corrected chi connectivity index (χ4v) is 5.65. The van der Waals surface area contributed by atoms with E-state index in [1.807, 2.05) is 23.5 Å². The minimum atomic E-state index is 0.661. The molecule has 7 nitrogen and oxygen atoms in total. The van der Waals surface area contributed by atoms with Crippen LogP contribution < -0.4 is 14.8 Å². The summed E-state index contributed by atoms with van der Waals surface area (Å²) in [5.41, 5.74) is 2.55. The average molecular weight is 441 g/mol. The Hall–Kier alpha value is -2.42. The van der Waals surface area contributed by atoms with Crippen LogP contribution in [0.1, 0.15) is 28.2 Å². The van der Waals surface area contributed by atoms with Gasteiger partial charge in [-0.2, -0.15) is 0 Å². The zero-order valence-electron chi connectivity index (χ0n) is 18.1. The lowest BCUT2D eigenvalue weighted by Crippen LogP contribution is -2.36. The van der Waals surface area contributed by atoms with Crippen molar-refractivity contribution in [1.82, 2.24) is 14.9 Å². The van der Waals surface area contributed by atoms with Gasteiger partial charge in [0.2, 0.25) is 0 Å². The SMILES string of the molecule is COc1ccc(CNc2nc(CN3CCOCC3)nc3sc4c(c23)CCC4)cc1OC. The Labute approximate surface area is 186 Å². The molecule has 31 heavy (non-hydrogen) atoms. The molecule has 1 saturated heterocycles. The van der Waals surface area contributed by atoms with E-state index in [0.29, 0.717) is 6.54 Å². The maximum Gasteiger partial charge on any atom is 0.161 e. The van der Waals surface area contributed by atoms with Crippen LogP contribution in [0.25, 0.3) is 10.2 Å². The Kier molecular flexibility index (Phi) is 5.93. The van der Waals surface area contributed by atoms with E-state index in [4.69, 9.17) is 24.2 Å². The van der Waals surface area contributed by atoms with Crippen LogP contribution in [0.2, 0.25) is 0 Å². The molecule has 164 valence electrons. The predicted octanol–water partition coefficient (Wildman–Crippen LogP) is 3.64. The Morgan fingerprint density at radius 1 is 1.10 bits per heavy atom. The highest BCUT2D eigenvalue weighted by Gasteiger charge is 2.23. The molecular weight excluding hydrogens is 412 g/mol. The first-order valence-electron chi connectivity index (χ1n) is 10.8. The van der Waals surface area contributed by atoms with Crippen LogP contribution in [0.4, 0.5) is 5.82 Å². The van der Waals surface area contributed by atoms with Crippen LogP contribution >= 0.6 is 11.3 Å². The Morgan fingerprint density at radius 3 is 2.74 bits per heavy atom. The summed E-state index contributed by atoms with van der Waals surface area (Å²) in [5.74, 6) is 3.30. The second-order valence-corrected chi connectivity index (χ2v) is 9.04. The number of benzene rings is 1. The predicted molar refractivity (Wildman–Crippen MR) is 122 cm³/mol. The zero-order chi connectivity index (χ0) is 21.2. The first kappa shape index (κ1) is 20.5. The molecule has 2 aliphatic rings. The molecule has 1 aliphatic carbocycles. The molecule has 0 radical (unpaired) electrons. The topological polar surface area (TPSA) is 68.7 Å². The second-order valence-electron chi connectivity index (χ2n) is 7.96. The summed E-state index contributed by atoms with van der Waals surface area (Å²) < 4.78 is 16.3. The van der Waals surface area contributed by atoms with Gasteiger partial charge in [-0.25, -0.2) is 9.97 Å². The van der Waals surface area contributed by atoms with Crippen molar-refractivity contribution >= 4 is 27.4 Å². The van der Waals surface area contributed by atoms with E-state index in [1.165, 1.54) is 22.2 Å². The Bertz CT molecular complexity index is 1080. The van der Waals surface area contributed by atoms with E-state index < -0.39 is 0 Å². The molecule has 3 aromatic rings. The van der Waals surface area contributed by atoms with Gasteiger partial charge in [-0.1, -0.05) is 6.07 Å². The number of hydrogen-bond donors (Lipinski definition) is 1. The normalized spacial score (nSPS) is 16.5. The van der Waals surface area contributed by atoms with Crippen molar-refractivity contribution in [3.63, 3.8) is 0 Å². The molecule has 5 rings (SSSR count). The van der Waals surface area contributed by atoms with Gasteiger partial charge in [0.15, 0.2) is 11.5 Å². The van der Waals surface area contributed by atoms with Gasteiger partial charge in [-0.05, 0) is 42.5 Å². The Morgan fingerprint density at radius 2 is 1.94 bits per heavy atom. The van der Waals surface area contributed by atoms with Crippen molar-refractivity contribution in [2.24, 2.45) is 0 Å². The highest BCUT2D eigenvalue weighted by Crippen LogP contribution is 2.40. The monoisotopic (exact) mass is 440 g/mol. The lowest BCUT2D eigenvalue weighted by atomic mass is 10.1. The van der Waals surface area contributed by atoms with Crippen molar-refractivity contribution in [2.45, 2.75) is 32.4 Å². The minimum Gasteiger partial charge on any atom is -0.493 e. The van der Waals surface area contributed by atoms with Crippen LogP contribution in [0.15, 0.2) is 18.2 Å². The van der Waals surface area contributed by atoms with E-state index in [0.717, 1.165) is 79.2 Å².